The highest BCUT2D eigenvalue weighted by Crippen LogP contribution is 2.30. The van der Waals surface area contributed by atoms with Gasteiger partial charge in [0, 0.05) is 12.0 Å². The lowest BCUT2D eigenvalue weighted by Gasteiger charge is -2.13. The van der Waals surface area contributed by atoms with Gasteiger partial charge < -0.3 is 14.8 Å². The van der Waals surface area contributed by atoms with Gasteiger partial charge in [0.05, 0.1) is 6.04 Å². The van der Waals surface area contributed by atoms with E-state index in [1.165, 1.54) is 12.5 Å². The molecule has 1 fully saturated rings. The first-order valence-corrected chi connectivity index (χ1v) is 5.96. The Labute approximate surface area is 112 Å². The van der Waals surface area contributed by atoms with Crippen LogP contribution >= 0.6 is 0 Å². The van der Waals surface area contributed by atoms with Crippen LogP contribution in [0.15, 0.2) is 24.7 Å². The minimum Gasteiger partial charge on any atom is -0.455 e. The first kappa shape index (κ1) is 12.8. The van der Waals surface area contributed by atoms with Gasteiger partial charge in [-0.15, -0.1) is 0 Å². The SMILES string of the molecule is O=C(N[C@H]1C[C@H]1F)c1cc(F)c(C2OC=CO2)c(F)c1. The summed E-state index contributed by atoms with van der Waals surface area (Å²) in [7, 11) is 0. The van der Waals surface area contributed by atoms with Gasteiger partial charge >= 0.3 is 0 Å². The lowest BCUT2D eigenvalue weighted by molar-refractivity contribution is -0.0298. The summed E-state index contributed by atoms with van der Waals surface area (Å²) < 4.78 is 50.1. The van der Waals surface area contributed by atoms with Crippen molar-refractivity contribution in [3.8, 4) is 0 Å². The van der Waals surface area contributed by atoms with Crippen LogP contribution in [0.3, 0.4) is 0 Å². The van der Waals surface area contributed by atoms with Crippen molar-refractivity contribution in [3.63, 3.8) is 0 Å². The van der Waals surface area contributed by atoms with Crippen molar-refractivity contribution in [3.05, 3.63) is 47.4 Å². The monoisotopic (exact) mass is 285 g/mol. The smallest absolute Gasteiger partial charge is 0.272 e. The van der Waals surface area contributed by atoms with Crippen molar-refractivity contribution < 1.29 is 27.4 Å². The second-order valence-electron chi connectivity index (χ2n) is 4.56. The molecule has 106 valence electrons. The summed E-state index contributed by atoms with van der Waals surface area (Å²) in [4.78, 5) is 11.7. The topological polar surface area (TPSA) is 47.6 Å². The van der Waals surface area contributed by atoms with Gasteiger partial charge in [0.1, 0.15) is 35.9 Å². The van der Waals surface area contributed by atoms with Crippen molar-refractivity contribution in [2.24, 2.45) is 0 Å². The number of rotatable bonds is 3. The van der Waals surface area contributed by atoms with E-state index in [0.717, 1.165) is 12.1 Å². The second-order valence-corrected chi connectivity index (χ2v) is 4.56. The number of carbonyl (C=O) groups excluding carboxylic acids is 1. The molecule has 4 nitrogen and oxygen atoms in total. The average molecular weight is 285 g/mol. The first-order chi connectivity index (χ1) is 9.56. The Morgan fingerprint density at radius 3 is 2.25 bits per heavy atom. The third kappa shape index (κ3) is 2.31. The van der Waals surface area contributed by atoms with Crippen molar-refractivity contribution in [2.75, 3.05) is 0 Å². The van der Waals surface area contributed by atoms with Crippen LogP contribution < -0.4 is 5.32 Å². The quantitative estimate of drug-likeness (QED) is 0.927. The Morgan fingerprint density at radius 2 is 1.75 bits per heavy atom. The molecule has 1 aromatic carbocycles. The predicted octanol–water partition coefficient (Wildman–Crippen LogP) is 2.32. The molecule has 0 spiro atoms. The van der Waals surface area contributed by atoms with Crippen LogP contribution in [0.25, 0.3) is 0 Å². The molecule has 3 rings (SSSR count). The average Bonchev–Trinajstić information content (AvgIpc) is 2.89. The highest BCUT2D eigenvalue weighted by Gasteiger charge is 2.39. The normalized spacial score (nSPS) is 24.1. The number of hydrogen-bond donors (Lipinski definition) is 1. The van der Waals surface area contributed by atoms with Crippen LogP contribution in [0, 0.1) is 11.6 Å². The molecule has 0 aromatic heterocycles. The largest absolute Gasteiger partial charge is 0.455 e. The predicted molar refractivity (Wildman–Crippen MR) is 61.2 cm³/mol. The van der Waals surface area contributed by atoms with E-state index >= 15 is 0 Å². The van der Waals surface area contributed by atoms with Gasteiger partial charge in [-0.05, 0) is 12.1 Å². The molecule has 0 saturated heterocycles. The minimum absolute atomic E-state index is 0.214. The Morgan fingerprint density at radius 1 is 1.20 bits per heavy atom. The highest BCUT2D eigenvalue weighted by molar-refractivity contribution is 5.94. The van der Waals surface area contributed by atoms with Gasteiger partial charge in [0.15, 0.2) is 0 Å². The third-order valence-corrected chi connectivity index (χ3v) is 3.07. The van der Waals surface area contributed by atoms with E-state index < -0.39 is 41.6 Å². The molecule has 1 aromatic rings. The summed E-state index contributed by atoms with van der Waals surface area (Å²) in [5, 5.41) is 2.34. The molecule has 0 radical (unpaired) electrons. The van der Waals surface area contributed by atoms with Crippen LogP contribution in [0.4, 0.5) is 13.2 Å². The number of amides is 1. The Bertz CT molecular complexity index is 559. The summed E-state index contributed by atoms with van der Waals surface area (Å²) in [5.41, 5.74) is -0.629. The van der Waals surface area contributed by atoms with E-state index in [0.29, 0.717) is 0 Å². The van der Waals surface area contributed by atoms with E-state index in [1.807, 2.05) is 0 Å². The zero-order valence-electron chi connectivity index (χ0n) is 10.1. The van der Waals surface area contributed by atoms with E-state index in [1.54, 1.807) is 0 Å². The maximum Gasteiger partial charge on any atom is 0.272 e. The molecular weight excluding hydrogens is 275 g/mol. The number of hydrogen-bond acceptors (Lipinski definition) is 3. The number of benzene rings is 1. The molecule has 1 heterocycles. The maximum atomic E-state index is 13.9. The summed E-state index contributed by atoms with van der Waals surface area (Å²) >= 11 is 0. The molecule has 1 aliphatic heterocycles. The van der Waals surface area contributed by atoms with Crippen LogP contribution in [-0.2, 0) is 9.47 Å². The molecule has 20 heavy (non-hydrogen) atoms. The molecular formula is C13H10F3NO3. The lowest BCUT2D eigenvalue weighted by atomic mass is 10.1. The van der Waals surface area contributed by atoms with Gasteiger partial charge in [-0.2, -0.15) is 0 Å². The summed E-state index contributed by atoms with van der Waals surface area (Å²) in [5.74, 6) is -2.64. The molecule has 1 saturated carbocycles. The molecule has 0 bridgehead atoms. The Kier molecular flexibility index (Phi) is 3.04. The van der Waals surface area contributed by atoms with Crippen LogP contribution in [0.5, 0.6) is 0 Å². The Hall–Kier alpha value is -2.18. The highest BCUT2D eigenvalue weighted by atomic mass is 19.1. The summed E-state index contributed by atoms with van der Waals surface area (Å²) in [6.07, 6.45) is 0.270. The fourth-order valence-electron chi connectivity index (χ4n) is 1.88. The lowest BCUT2D eigenvalue weighted by Crippen LogP contribution is -2.27. The number of carbonyl (C=O) groups is 1. The van der Waals surface area contributed by atoms with E-state index in [2.05, 4.69) is 5.32 Å². The number of ether oxygens (including phenoxy) is 2. The maximum absolute atomic E-state index is 13.9. The van der Waals surface area contributed by atoms with Crippen molar-refractivity contribution in [1.82, 2.24) is 5.32 Å². The molecule has 0 unspecified atom stereocenters. The van der Waals surface area contributed by atoms with Gasteiger partial charge in [-0.25, -0.2) is 13.2 Å². The summed E-state index contributed by atoms with van der Waals surface area (Å²) in [6.45, 7) is 0. The molecule has 2 atom stereocenters. The fourth-order valence-corrected chi connectivity index (χ4v) is 1.88. The van der Waals surface area contributed by atoms with Crippen LogP contribution in [0.2, 0.25) is 0 Å². The molecule has 1 amide bonds. The fraction of sp³-hybridized carbons (Fsp3) is 0.308. The molecule has 2 aliphatic rings. The first-order valence-electron chi connectivity index (χ1n) is 5.96. The van der Waals surface area contributed by atoms with Crippen molar-refractivity contribution in [1.29, 1.82) is 0 Å². The van der Waals surface area contributed by atoms with Crippen LogP contribution in [-0.4, -0.2) is 18.1 Å². The zero-order valence-corrected chi connectivity index (χ0v) is 10.1. The molecule has 1 aliphatic carbocycles. The third-order valence-electron chi connectivity index (χ3n) is 3.07. The van der Waals surface area contributed by atoms with Crippen molar-refractivity contribution >= 4 is 5.91 Å². The van der Waals surface area contributed by atoms with Gasteiger partial charge in [0.25, 0.3) is 12.2 Å². The van der Waals surface area contributed by atoms with E-state index in [-0.39, 0.29) is 12.0 Å². The number of alkyl halides is 1. The second kappa shape index (κ2) is 4.73. The number of halogens is 3. The van der Waals surface area contributed by atoms with Gasteiger partial charge in [-0.1, -0.05) is 0 Å². The Balaban J connectivity index is 1.81. The number of nitrogens with one attached hydrogen (secondary N) is 1. The molecule has 7 heteroatoms. The van der Waals surface area contributed by atoms with Gasteiger partial charge in [0.2, 0.25) is 0 Å². The standard InChI is InChI=1S/C13H10F3NO3/c14-7-5-10(7)17-12(18)6-3-8(15)11(9(16)4-6)13-19-1-2-20-13/h1-4,7,10,13H,5H2,(H,17,18)/t7-,10+/m1/s1. The van der Waals surface area contributed by atoms with E-state index in [9.17, 15) is 18.0 Å². The zero-order chi connectivity index (χ0) is 14.3. The van der Waals surface area contributed by atoms with E-state index in [4.69, 9.17) is 9.47 Å². The summed E-state index contributed by atoms with van der Waals surface area (Å²) in [6, 6.07) is 1.17. The van der Waals surface area contributed by atoms with Crippen molar-refractivity contribution in [2.45, 2.75) is 24.9 Å². The minimum atomic E-state index is -1.20. The van der Waals surface area contributed by atoms with Crippen LogP contribution in [0.1, 0.15) is 28.6 Å². The van der Waals surface area contributed by atoms with Gasteiger partial charge in [-0.3, -0.25) is 4.79 Å². The molecule has 1 N–H and O–H groups in total.